The summed E-state index contributed by atoms with van der Waals surface area (Å²) in [6, 6.07) is 13.4. The van der Waals surface area contributed by atoms with E-state index >= 15 is 0 Å². The fourth-order valence-electron chi connectivity index (χ4n) is 1.66. The maximum Gasteiger partial charge on any atom is 0.0992 e. The van der Waals surface area contributed by atoms with Gasteiger partial charge in [0.1, 0.15) is 0 Å². The molecule has 0 heterocycles. The maximum atomic E-state index is 8.80. The number of benzene rings is 2. The Balaban J connectivity index is 2.15. The number of nitrogen functional groups attached to an aromatic ring is 1. The third-order valence-corrected chi connectivity index (χ3v) is 4.21. The van der Waals surface area contributed by atoms with Gasteiger partial charge in [-0.25, -0.2) is 0 Å². The quantitative estimate of drug-likeness (QED) is 0.673. The highest BCUT2D eigenvalue weighted by molar-refractivity contribution is 7.98. The Morgan fingerprint density at radius 1 is 1.26 bits per heavy atom. The number of nitrogens with zero attached hydrogens (tertiary/aromatic N) is 1. The number of nitriles is 1. The SMILES string of the molecule is Cc1ccc(N)c(SCc2ccc(C#N)cc2Cl)c1. The Bertz CT molecular complexity index is 647. The molecule has 19 heavy (non-hydrogen) atoms. The topological polar surface area (TPSA) is 49.8 Å². The maximum absolute atomic E-state index is 8.80. The standard InChI is InChI=1S/C15H13ClN2S/c1-10-2-5-14(18)15(6-10)19-9-12-4-3-11(8-17)7-13(12)16/h2-7H,9,18H2,1H3. The minimum Gasteiger partial charge on any atom is -0.398 e. The van der Waals surface area contributed by atoms with E-state index in [-0.39, 0.29) is 0 Å². The molecule has 0 aliphatic heterocycles. The van der Waals surface area contributed by atoms with E-state index in [1.807, 2.05) is 25.1 Å². The number of aryl methyl sites for hydroxylation is 1. The second kappa shape index (κ2) is 6.01. The molecule has 0 atom stereocenters. The average molecular weight is 289 g/mol. The van der Waals surface area contributed by atoms with Gasteiger partial charge in [0, 0.05) is 21.4 Å². The highest BCUT2D eigenvalue weighted by atomic mass is 35.5. The molecule has 4 heteroatoms. The Labute approximate surface area is 122 Å². The molecule has 0 spiro atoms. The summed E-state index contributed by atoms with van der Waals surface area (Å²) < 4.78 is 0. The van der Waals surface area contributed by atoms with E-state index < -0.39 is 0 Å². The number of hydrogen-bond donors (Lipinski definition) is 1. The van der Waals surface area contributed by atoms with E-state index in [0.29, 0.717) is 10.6 Å². The first kappa shape index (κ1) is 13.8. The first-order chi connectivity index (χ1) is 9.10. The molecule has 0 unspecified atom stereocenters. The normalized spacial score (nSPS) is 10.2. The zero-order valence-electron chi connectivity index (χ0n) is 10.5. The van der Waals surface area contributed by atoms with Crippen molar-refractivity contribution in [2.45, 2.75) is 17.6 Å². The summed E-state index contributed by atoms with van der Waals surface area (Å²) in [6.07, 6.45) is 0. The summed E-state index contributed by atoms with van der Waals surface area (Å²) in [5, 5.41) is 9.42. The summed E-state index contributed by atoms with van der Waals surface area (Å²) in [7, 11) is 0. The molecule has 2 aromatic carbocycles. The molecule has 0 bridgehead atoms. The van der Waals surface area contributed by atoms with E-state index in [0.717, 1.165) is 21.9 Å². The monoisotopic (exact) mass is 288 g/mol. The summed E-state index contributed by atoms with van der Waals surface area (Å²) >= 11 is 7.80. The third kappa shape index (κ3) is 3.44. The lowest BCUT2D eigenvalue weighted by Gasteiger charge is -2.08. The summed E-state index contributed by atoms with van der Waals surface area (Å²) in [5.74, 6) is 0.734. The van der Waals surface area contributed by atoms with Crippen molar-refractivity contribution in [1.82, 2.24) is 0 Å². The number of anilines is 1. The Morgan fingerprint density at radius 2 is 2.05 bits per heavy atom. The lowest BCUT2D eigenvalue weighted by Crippen LogP contribution is -1.90. The van der Waals surface area contributed by atoms with E-state index in [4.69, 9.17) is 22.6 Å². The van der Waals surface area contributed by atoms with Crippen molar-refractivity contribution in [1.29, 1.82) is 5.26 Å². The zero-order valence-corrected chi connectivity index (χ0v) is 12.1. The number of halogens is 1. The van der Waals surface area contributed by atoms with Crippen molar-refractivity contribution >= 4 is 29.1 Å². The summed E-state index contributed by atoms with van der Waals surface area (Å²) in [6.45, 7) is 2.04. The van der Waals surface area contributed by atoms with Crippen LogP contribution in [-0.4, -0.2) is 0 Å². The molecule has 0 aromatic heterocycles. The van der Waals surface area contributed by atoms with Crippen molar-refractivity contribution in [2.75, 3.05) is 5.73 Å². The molecule has 0 amide bonds. The van der Waals surface area contributed by atoms with Gasteiger partial charge < -0.3 is 5.73 Å². The molecular weight excluding hydrogens is 276 g/mol. The van der Waals surface area contributed by atoms with Crippen LogP contribution in [0.1, 0.15) is 16.7 Å². The predicted octanol–water partition coefficient (Wildman–Crippen LogP) is 4.39. The van der Waals surface area contributed by atoms with Gasteiger partial charge in [-0.2, -0.15) is 5.26 Å². The van der Waals surface area contributed by atoms with Gasteiger partial charge in [0.15, 0.2) is 0 Å². The van der Waals surface area contributed by atoms with Crippen LogP contribution >= 0.6 is 23.4 Å². The van der Waals surface area contributed by atoms with Crippen LogP contribution in [-0.2, 0) is 5.75 Å². The van der Waals surface area contributed by atoms with E-state index in [1.54, 1.807) is 23.9 Å². The van der Waals surface area contributed by atoms with Crippen LogP contribution in [0.3, 0.4) is 0 Å². The second-order valence-corrected chi connectivity index (χ2v) is 5.67. The van der Waals surface area contributed by atoms with Gasteiger partial charge in [-0.3, -0.25) is 0 Å². The number of thioether (sulfide) groups is 1. The minimum absolute atomic E-state index is 0.578. The lowest BCUT2D eigenvalue weighted by molar-refractivity contribution is 1.34. The van der Waals surface area contributed by atoms with E-state index in [2.05, 4.69) is 12.1 Å². The van der Waals surface area contributed by atoms with E-state index in [9.17, 15) is 0 Å². The fraction of sp³-hybridized carbons (Fsp3) is 0.133. The Kier molecular flexibility index (Phi) is 4.36. The van der Waals surface area contributed by atoms with Crippen molar-refractivity contribution < 1.29 is 0 Å². The molecule has 96 valence electrons. The molecule has 2 N–H and O–H groups in total. The molecule has 0 radical (unpaired) electrons. The zero-order chi connectivity index (χ0) is 13.8. The van der Waals surface area contributed by atoms with Crippen LogP contribution in [0.4, 0.5) is 5.69 Å². The van der Waals surface area contributed by atoms with Crippen LogP contribution in [0.25, 0.3) is 0 Å². The Hall–Kier alpha value is -1.63. The van der Waals surface area contributed by atoms with Crippen LogP contribution in [0, 0.1) is 18.3 Å². The van der Waals surface area contributed by atoms with Crippen molar-refractivity contribution in [3.63, 3.8) is 0 Å². The molecule has 0 saturated carbocycles. The molecule has 2 rings (SSSR count). The van der Waals surface area contributed by atoms with Gasteiger partial charge in [0.2, 0.25) is 0 Å². The van der Waals surface area contributed by atoms with Crippen molar-refractivity contribution in [3.8, 4) is 6.07 Å². The Morgan fingerprint density at radius 3 is 2.74 bits per heavy atom. The van der Waals surface area contributed by atoms with Crippen molar-refractivity contribution in [2.24, 2.45) is 0 Å². The predicted molar refractivity (Wildman–Crippen MR) is 81.3 cm³/mol. The van der Waals surface area contributed by atoms with Gasteiger partial charge in [-0.1, -0.05) is 23.7 Å². The van der Waals surface area contributed by atoms with Crippen molar-refractivity contribution in [3.05, 3.63) is 58.1 Å². The van der Waals surface area contributed by atoms with Crippen LogP contribution in [0.2, 0.25) is 5.02 Å². The molecule has 0 aliphatic rings. The second-order valence-electron chi connectivity index (χ2n) is 4.25. The number of hydrogen-bond acceptors (Lipinski definition) is 3. The largest absolute Gasteiger partial charge is 0.398 e. The minimum atomic E-state index is 0.578. The number of nitrogens with two attached hydrogens (primary N) is 1. The van der Waals surface area contributed by atoms with E-state index in [1.165, 1.54) is 5.56 Å². The van der Waals surface area contributed by atoms with Crippen LogP contribution < -0.4 is 5.73 Å². The van der Waals surface area contributed by atoms with Gasteiger partial charge >= 0.3 is 0 Å². The van der Waals surface area contributed by atoms with Crippen LogP contribution in [0.5, 0.6) is 0 Å². The molecule has 2 aromatic rings. The molecule has 0 saturated heterocycles. The first-order valence-corrected chi connectivity index (χ1v) is 7.14. The van der Waals surface area contributed by atoms with Gasteiger partial charge in [-0.15, -0.1) is 11.8 Å². The van der Waals surface area contributed by atoms with Crippen LogP contribution in [0.15, 0.2) is 41.3 Å². The fourth-order valence-corrected chi connectivity index (χ4v) is 3.05. The summed E-state index contributed by atoms with van der Waals surface area (Å²) in [5.41, 5.74) is 9.49. The number of rotatable bonds is 3. The first-order valence-electron chi connectivity index (χ1n) is 5.77. The molecule has 0 fully saturated rings. The third-order valence-electron chi connectivity index (χ3n) is 2.73. The molecule has 2 nitrogen and oxygen atoms in total. The van der Waals surface area contributed by atoms with Gasteiger partial charge in [0.05, 0.1) is 11.6 Å². The molecule has 0 aliphatic carbocycles. The highest BCUT2D eigenvalue weighted by Gasteiger charge is 2.05. The summed E-state index contributed by atoms with van der Waals surface area (Å²) in [4.78, 5) is 1.06. The molecular formula is C15H13ClN2S. The highest BCUT2D eigenvalue weighted by Crippen LogP contribution is 2.31. The smallest absolute Gasteiger partial charge is 0.0992 e. The lowest BCUT2D eigenvalue weighted by atomic mass is 10.2. The average Bonchev–Trinajstić information content (AvgIpc) is 2.40. The van der Waals surface area contributed by atoms with Gasteiger partial charge in [-0.05, 0) is 42.3 Å². The van der Waals surface area contributed by atoms with Gasteiger partial charge in [0.25, 0.3) is 0 Å².